The molecule has 0 aliphatic heterocycles. The van der Waals surface area contributed by atoms with Crippen molar-refractivity contribution in [2.24, 2.45) is 5.73 Å². The molecule has 1 unspecified atom stereocenters. The van der Waals surface area contributed by atoms with Gasteiger partial charge in [0.05, 0.1) is 17.7 Å². The highest BCUT2D eigenvalue weighted by Gasteiger charge is 2.37. The Morgan fingerprint density at radius 2 is 2.10 bits per heavy atom. The molecule has 1 aliphatic carbocycles. The minimum atomic E-state index is -0.361. The third kappa shape index (κ3) is 3.54. The average Bonchev–Trinajstić information content (AvgIpc) is 3.35. The molecule has 1 aromatic carbocycles. The molecule has 158 valence electrons. The van der Waals surface area contributed by atoms with Crippen LogP contribution in [-0.2, 0) is 12.0 Å². The maximum atomic E-state index is 13.6. The van der Waals surface area contributed by atoms with Crippen LogP contribution in [-0.4, -0.2) is 33.4 Å². The quantitative estimate of drug-likeness (QED) is 0.359. The molecule has 0 saturated heterocycles. The predicted octanol–water partition coefficient (Wildman–Crippen LogP) is 3.23. The van der Waals surface area contributed by atoms with Crippen LogP contribution < -0.4 is 16.4 Å². The van der Waals surface area contributed by atoms with E-state index in [1.54, 1.807) is 12.3 Å². The maximum absolute atomic E-state index is 13.6. The predicted molar refractivity (Wildman–Crippen MR) is 119 cm³/mol. The van der Waals surface area contributed by atoms with Crippen molar-refractivity contribution in [2.75, 3.05) is 18.5 Å². The largest absolute Gasteiger partial charge is 0.357 e. The fraction of sp³-hybridized carbons (Fsp3) is 0.261. The van der Waals surface area contributed by atoms with Gasteiger partial charge in [0.15, 0.2) is 0 Å². The Bertz CT molecular complexity index is 1250. The zero-order chi connectivity index (χ0) is 21.4. The summed E-state index contributed by atoms with van der Waals surface area (Å²) in [6.45, 7) is 2.88. The number of fused-ring (bicyclic) bond motifs is 2. The van der Waals surface area contributed by atoms with Gasteiger partial charge in [-0.1, -0.05) is 6.07 Å². The van der Waals surface area contributed by atoms with E-state index in [-0.39, 0.29) is 11.4 Å². The van der Waals surface area contributed by atoms with Crippen LogP contribution in [0.2, 0.25) is 0 Å². The number of nitrogens with zero attached hydrogens (tertiary/aromatic N) is 3. The molecule has 5 N–H and O–H groups in total. The maximum Gasteiger partial charge on any atom is 0.129 e. The van der Waals surface area contributed by atoms with Crippen LogP contribution in [0.5, 0.6) is 0 Å². The van der Waals surface area contributed by atoms with Gasteiger partial charge in [-0.25, -0.2) is 9.37 Å². The van der Waals surface area contributed by atoms with Crippen molar-refractivity contribution < 1.29 is 4.39 Å². The zero-order valence-corrected chi connectivity index (χ0v) is 17.2. The van der Waals surface area contributed by atoms with Gasteiger partial charge in [0.2, 0.25) is 0 Å². The Hall–Kier alpha value is -3.36. The SMILES string of the molecule is Cc1cc(-c2n[nH]c3cc(NCNC4(CN)CCc5cc(F)ccc54)ncc23)ccn1. The fourth-order valence-corrected chi connectivity index (χ4v) is 4.41. The van der Waals surface area contributed by atoms with E-state index < -0.39 is 0 Å². The van der Waals surface area contributed by atoms with Crippen molar-refractivity contribution in [3.05, 3.63) is 71.4 Å². The molecule has 0 fully saturated rings. The van der Waals surface area contributed by atoms with Crippen LogP contribution in [0.3, 0.4) is 0 Å². The number of halogens is 1. The molecule has 1 aliphatic rings. The Kier molecular flexibility index (Phi) is 4.88. The summed E-state index contributed by atoms with van der Waals surface area (Å²) in [5.41, 5.74) is 11.6. The molecule has 3 heterocycles. The number of nitrogens with two attached hydrogens (primary N) is 1. The van der Waals surface area contributed by atoms with Gasteiger partial charge in [-0.05, 0) is 55.2 Å². The second-order valence-electron chi connectivity index (χ2n) is 7.99. The van der Waals surface area contributed by atoms with Gasteiger partial charge < -0.3 is 11.1 Å². The lowest BCUT2D eigenvalue weighted by Gasteiger charge is -2.30. The van der Waals surface area contributed by atoms with Gasteiger partial charge in [0.1, 0.15) is 17.3 Å². The minimum absolute atomic E-state index is 0.206. The lowest BCUT2D eigenvalue weighted by atomic mass is 9.92. The summed E-state index contributed by atoms with van der Waals surface area (Å²) < 4.78 is 13.6. The van der Waals surface area contributed by atoms with Gasteiger partial charge >= 0.3 is 0 Å². The fourth-order valence-electron chi connectivity index (χ4n) is 4.41. The molecule has 0 spiro atoms. The number of H-pyrrole nitrogens is 1. The Balaban J connectivity index is 1.32. The number of nitrogens with one attached hydrogen (secondary N) is 3. The third-order valence-corrected chi connectivity index (χ3v) is 6.07. The summed E-state index contributed by atoms with van der Waals surface area (Å²) in [6.07, 6.45) is 5.25. The van der Waals surface area contributed by atoms with Gasteiger partial charge in [0.25, 0.3) is 0 Å². The number of anilines is 1. The van der Waals surface area contributed by atoms with Crippen LogP contribution in [0.15, 0.2) is 48.8 Å². The van der Waals surface area contributed by atoms with Crippen LogP contribution in [0.4, 0.5) is 10.2 Å². The second-order valence-corrected chi connectivity index (χ2v) is 7.99. The summed E-state index contributed by atoms with van der Waals surface area (Å²) in [6, 6.07) is 10.8. The highest BCUT2D eigenvalue weighted by Crippen LogP contribution is 2.36. The van der Waals surface area contributed by atoms with Gasteiger partial charge in [-0.2, -0.15) is 5.10 Å². The number of hydrogen-bond acceptors (Lipinski definition) is 6. The standard InChI is InChI=1S/C23H24FN7/c1-14-8-16(5-7-26-14)22-18-11-27-21(10-20(18)30-31-22)28-13-29-23(12-25)6-4-15-9-17(24)2-3-19(15)23/h2-3,5,7-11,29H,4,6,12-13,25H2,1H3,(H,27,28)(H,30,31). The van der Waals surface area contributed by atoms with E-state index in [1.165, 1.54) is 6.07 Å². The van der Waals surface area contributed by atoms with Crippen molar-refractivity contribution >= 4 is 16.7 Å². The molecule has 3 aromatic heterocycles. The first kappa shape index (κ1) is 19.6. The molecule has 0 saturated carbocycles. The average molecular weight is 417 g/mol. The van der Waals surface area contributed by atoms with Gasteiger partial charge in [-0.3, -0.25) is 15.4 Å². The number of aryl methyl sites for hydroxylation is 2. The molecule has 7 nitrogen and oxygen atoms in total. The molecule has 31 heavy (non-hydrogen) atoms. The highest BCUT2D eigenvalue weighted by atomic mass is 19.1. The Labute approximate surface area is 179 Å². The van der Waals surface area contributed by atoms with Crippen molar-refractivity contribution in [1.29, 1.82) is 0 Å². The molecule has 0 radical (unpaired) electrons. The number of benzene rings is 1. The molecular weight excluding hydrogens is 393 g/mol. The number of hydrogen-bond donors (Lipinski definition) is 4. The summed E-state index contributed by atoms with van der Waals surface area (Å²) in [5, 5.41) is 15.3. The number of aromatic nitrogens is 4. The molecule has 0 bridgehead atoms. The van der Waals surface area contributed by atoms with Crippen LogP contribution in [0.25, 0.3) is 22.2 Å². The summed E-state index contributed by atoms with van der Waals surface area (Å²) >= 11 is 0. The van der Waals surface area contributed by atoms with Crippen LogP contribution in [0.1, 0.15) is 23.2 Å². The summed E-state index contributed by atoms with van der Waals surface area (Å²) in [4.78, 5) is 8.79. The molecule has 8 heteroatoms. The van der Waals surface area contributed by atoms with Gasteiger partial charge in [-0.15, -0.1) is 0 Å². The Morgan fingerprint density at radius 1 is 1.19 bits per heavy atom. The molecule has 0 amide bonds. The lowest BCUT2D eigenvalue weighted by Crippen LogP contribution is -2.48. The van der Waals surface area contributed by atoms with Crippen molar-refractivity contribution in [1.82, 2.24) is 25.5 Å². The van der Waals surface area contributed by atoms with E-state index >= 15 is 0 Å². The second kappa shape index (κ2) is 7.72. The number of pyridine rings is 2. The topological polar surface area (TPSA) is 105 Å². The van der Waals surface area contributed by atoms with E-state index in [9.17, 15) is 4.39 Å². The molecular formula is C23H24FN7. The summed E-state index contributed by atoms with van der Waals surface area (Å²) in [5.74, 6) is 0.522. The monoisotopic (exact) mass is 417 g/mol. The number of aromatic amines is 1. The van der Waals surface area contributed by atoms with Crippen LogP contribution in [0, 0.1) is 12.7 Å². The summed E-state index contributed by atoms with van der Waals surface area (Å²) in [7, 11) is 0. The first-order valence-electron chi connectivity index (χ1n) is 10.3. The highest BCUT2D eigenvalue weighted by molar-refractivity contribution is 5.93. The number of rotatable bonds is 6. The van der Waals surface area contributed by atoms with E-state index in [4.69, 9.17) is 5.73 Å². The van der Waals surface area contributed by atoms with Crippen molar-refractivity contribution in [3.63, 3.8) is 0 Å². The zero-order valence-electron chi connectivity index (χ0n) is 17.2. The first-order valence-corrected chi connectivity index (χ1v) is 10.3. The van der Waals surface area contributed by atoms with E-state index in [0.717, 1.165) is 57.6 Å². The Morgan fingerprint density at radius 3 is 2.94 bits per heavy atom. The smallest absolute Gasteiger partial charge is 0.129 e. The normalized spacial score (nSPS) is 17.8. The van der Waals surface area contributed by atoms with E-state index in [2.05, 4.69) is 30.8 Å². The van der Waals surface area contributed by atoms with Crippen molar-refractivity contribution in [3.8, 4) is 11.3 Å². The van der Waals surface area contributed by atoms with Crippen molar-refractivity contribution in [2.45, 2.75) is 25.3 Å². The van der Waals surface area contributed by atoms with E-state index in [0.29, 0.717) is 13.2 Å². The lowest BCUT2D eigenvalue weighted by molar-refractivity contribution is 0.350. The molecule has 5 rings (SSSR count). The van der Waals surface area contributed by atoms with Crippen LogP contribution >= 0.6 is 0 Å². The minimum Gasteiger partial charge on any atom is -0.357 e. The first-order chi connectivity index (χ1) is 15.1. The third-order valence-electron chi connectivity index (χ3n) is 6.07. The molecule has 4 aromatic rings. The van der Waals surface area contributed by atoms with E-state index in [1.807, 2.05) is 37.4 Å². The van der Waals surface area contributed by atoms with Gasteiger partial charge in [0, 0.05) is 41.6 Å². The molecule has 1 atom stereocenters.